The first kappa shape index (κ1) is 21.4. The van der Waals surface area contributed by atoms with E-state index in [1.54, 1.807) is 0 Å². The Morgan fingerprint density at radius 1 is 0.733 bits per heavy atom. The molecule has 0 saturated carbocycles. The smallest absolute Gasteiger partial charge is 0.0381 e. The number of nitrogens with one attached hydrogen (secondary N) is 1. The molecule has 1 nitrogen and oxygen atoms in total. The predicted octanol–water partition coefficient (Wildman–Crippen LogP) is 7.50. The van der Waals surface area contributed by atoms with Crippen LogP contribution >= 0.6 is 0 Å². The van der Waals surface area contributed by atoms with Gasteiger partial charge < -0.3 is 5.32 Å². The Kier molecular flexibility index (Phi) is 7.45. The minimum atomic E-state index is -0.102. The first-order valence-electron chi connectivity index (χ1n) is 10.8. The highest BCUT2D eigenvalue weighted by atomic mass is 14.9. The topological polar surface area (TPSA) is 12.0 Å². The van der Waals surface area contributed by atoms with Crippen LogP contribution in [0.2, 0.25) is 0 Å². The summed E-state index contributed by atoms with van der Waals surface area (Å²) in [6.07, 6.45) is 20.6. The number of hydrogen-bond donors (Lipinski definition) is 1. The molecule has 0 fully saturated rings. The Morgan fingerprint density at radius 3 is 2.13 bits per heavy atom. The van der Waals surface area contributed by atoms with Gasteiger partial charge in [0.25, 0.3) is 0 Å². The van der Waals surface area contributed by atoms with Gasteiger partial charge in [0.2, 0.25) is 0 Å². The van der Waals surface area contributed by atoms with Crippen molar-refractivity contribution in [2.45, 2.75) is 32.6 Å². The summed E-state index contributed by atoms with van der Waals surface area (Å²) in [5, 5.41) is 3.55. The van der Waals surface area contributed by atoms with Crippen molar-refractivity contribution in [3.05, 3.63) is 138 Å². The van der Waals surface area contributed by atoms with Gasteiger partial charge in [0, 0.05) is 16.8 Å². The van der Waals surface area contributed by atoms with Gasteiger partial charge in [0.15, 0.2) is 0 Å². The molecule has 0 amide bonds. The van der Waals surface area contributed by atoms with Crippen LogP contribution in [0, 0.1) is 0 Å². The summed E-state index contributed by atoms with van der Waals surface area (Å²) in [6, 6.07) is 21.2. The van der Waals surface area contributed by atoms with E-state index in [2.05, 4.69) is 128 Å². The number of rotatable bonds is 4. The van der Waals surface area contributed by atoms with E-state index < -0.39 is 0 Å². The van der Waals surface area contributed by atoms with Crippen molar-refractivity contribution < 1.29 is 0 Å². The third kappa shape index (κ3) is 5.39. The zero-order chi connectivity index (χ0) is 21.2. The van der Waals surface area contributed by atoms with Crippen molar-refractivity contribution in [1.82, 2.24) is 5.32 Å². The average Bonchev–Trinajstić information content (AvgIpc) is 3.16. The average molecular weight is 394 g/mol. The van der Waals surface area contributed by atoms with Gasteiger partial charge in [-0.3, -0.25) is 0 Å². The molecule has 0 spiro atoms. The summed E-state index contributed by atoms with van der Waals surface area (Å²) >= 11 is 0. The molecule has 0 bridgehead atoms. The summed E-state index contributed by atoms with van der Waals surface area (Å²) in [6.45, 7) is 6.24. The first-order chi connectivity index (χ1) is 14.7. The zero-order valence-electron chi connectivity index (χ0n) is 18.2. The molecule has 152 valence electrons. The lowest BCUT2D eigenvalue weighted by molar-refractivity contribution is 0.758. The second-order valence-corrected chi connectivity index (χ2v) is 7.37. The molecule has 2 aliphatic carbocycles. The Bertz CT molecular complexity index is 1000. The largest absolute Gasteiger partial charge is 0.356 e. The molecular weight excluding hydrogens is 362 g/mol. The second-order valence-electron chi connectivity index (χ2n) is 7.37. The van der Waals surface area contributed by atoms with Crippen LogP contribution in [0.3, 0.4) is 0 Å². The van der Waals surface area contributed by atoms with E-state index in [0.717, 1.165) is 17.8 Å². The molecule has 1 heteroatoms. The molecule has 0 aromatic heterocycles. The SMILES string of the molecule is CC.CC1(c2ccccc2)C=CC=C(NC2=CC=C(c3ccccc3)CC=C2)C=C1. The molecule has 30 heavy (non-hydrogen) atoms. The van der Waals surface area contributed by atoms with Crippen LogP contribution in [0.1, 0.15) is 38.3 Å². The Balaban J connectivity index is 0.00000124. The highest BCUT2D eigenvalue weighted by molar-refractivity contribution is 5.69. The fourth-order valence-electron chi connectivity index (χ4n) is 3.54. The fraction of sp³-hybridized carbons (Fsp3) is 0.172. The van der Waals surface area contributed by atoms with Gasteiger partial charge in [0.05, 0.1) is 0 Å². The molecule has 2 aromatic carbocycles. The van der Waals surface area contributed by atoms with Crippen molar-refractivity contribution in [3.8, 4) is 0 Å². The minimum Gasteiger partial charge on any atom is -0.356 e. The summed E-state index contributed by atoms with van der Waals surface area (Å²) in [5.41, 5.74) is 5.98. The molecule has 1 unspecified atom stereocenters. The Hall–Kier alpha value is -3.32. The van der Waals surface area contributed by atoms with Crippen LogP contribution in [-0.2, 0) is 5.41 Å². The highest BCUT2D eigenvalue weighted by Crippen LogP contribution is 2.29. The zero-order valence-corrected chi connectivity index (χ0v) is 18.2. The normalized spacial score (nSPS) is 20.0. The van der Waals surface area contributed by atoms with Crippen LogP contribution in [0.5, 0.6) is 0 Å². The van der Waals surface area contributed by atoms with Gasteiger partial charge >= 0.3 is 0 Å². The lowest BCUT2D eigenvalue weighted by atomic mass is 9.82. The maximum atomic E-state index is 3.55. The van der Waals surface area contributed by atoms with E-state index in [0.29, 0.717) is 0 Å². The van der Waals surface area contributed by atoms with Crippen LogP contribution in [0.4, 0.5) is 0 Å². The van der Waals surface area contributed by atoms with Gasteiger partial charge in [-0.2, -0.15) is 0 Å². The van der Waals surface area contributed by atoms with Crippen molar-refractivity contribution >= 4 is 5.57 Å². The van der Waals surface area contributed by atoms with E-state index >= 15 is 0 Å². The maximum absolute atomic E-state index is 3.55. The molecule has 0 radical (unpaired) electrons. The monoisotopic (exact) mass is 393 g/mol. The summed E-state index contributed by atoms with van der Waals surface area (Å²) in [5.74, 6) is 0. The molecule has 2 aliphatic rings. The second kappa shape index (κ2) is 10.5. The standard InChI is InChI=1S/C27H25N.C2H6/c1-27(24-13-6-3-7-14-24)20-9-16-26(19-21-27)28-25-15-8-12-23(17-18-25)22-10-4-2-5-11-22;1-2/h2-11,13-21,28H,12H2,1H3;1-2H3. The molecule has 4 rings (SSSR count). The molecule has 2 aromatic rings. The van der Waals surface area contributed by atoms with Crippen LogP contribution < -0.4 is 5.32 Å². The van der Waals surface area contributed by atoms with E-state index in [9.17, 15) is 0 Å². The highest BCUT2D eigenvalue weighted by Gasteiger charge is 2.20. The van der Waals surface area contributed by atoms with Crippen molar-refractivity contribution in [2.75, 3.05) is 0 Å². The molecular formula is C29H31N. The molecule has 1 N–H and O–H groups in total. The Morgan fingerprint density at radius 2 is 1.40 bits per heavy atom. The van der Waals surface area contributed by atoms with Gasteiger partial charge in [0.1, 0.15) is 0 Å². The fourth-order valence-corrected chi connectivity index (χ4v) is 3.54. The number of allylic oxidation sites excluding steroid dienone is 10. The molecule has 0 aliphatic heterocycles. The van der Waals surface area contributed by atoms with Gasteiger partial charge in [-0.05, 0) is 54.3 Å². The first-order valence-corrected chi connectivity index (χ1v) is 10.8. The van der Waals surface area contributed by atoms with Gasteiger partial charge in [-0.15, -0.1) is 0 Å². The van der Waals surface area contributed by atoms with E-state index in [-0.39, 0.29) is 5.41 Å². The van der Waals surface area contributed by atoms with E-state index in [1.807, 2.05) is 13.8 Å². The lowest BCUT2D eigenvalue weighted by Gasteiger charge is -2.22. The van der Waals surface area contributed by atoms with Crippen LogP contribution in [-0.4, -0.2) is 0 Å². The lowest BCUT2D eigenvalue weighted by Crippen LogP contribution is -2.15. The van der Waals surface area contributed by atoms with Crippen molar-refractivity contribution in [3.63, 3.8) is 0 Å². The Labute approximate surface area is 181 Å². The minimum absolute atomic E-state index is 0.102. The molecule has 1 atom stereocenters. The third-order valence-corrected chi connectivity index (χ3v) is 5.26. The summed E-state index contributed by atoms with van der Waals surface area (Å²) in [7, 11) is 0. The third-order valence-electron chi connectivity index (χ3n) is 5.26. The van der Waals surface area contributed by atoms with Crippen molar-refractivity contribution in [2.24, 2.45) is 0 Å². The van der Waals surface area contributed by atoms with E-state index in [4.69, 9.17) is 0 Å². The van der Waals surface area contributed by atoms with Crippen LogP contribution in [0.15, 0.2) is 127 Å². The summed E-state index contributed by atoms with van der Waals surface area (Å²) in [4.78, 5) is 0. The molecule has 0 saturated heterocycles. The van der Waals surface area contributed by atoms with Gasteiger partial charge in [-0.25, -0.2) is 0 Å². The predicted molar refractivity (Wildman–Crippen MR) is 131 cm³/mol. The quantitative estimate of drug-likeness (QED) is 0.567. The summed E-state index contributed by atoms with van der Waals surface area (Å²) < 4.78 is 0. The molecule has 0 heterocycles. The van der Waals surface area contributed by atoms with Crippen LogP contribution in [0.25, 0.3) is 5.57 Å². The van der Waals surface area contributed by atoms with Gasteiger partial charge in [-0.1, -0.05) is 105 Å². The maximum Gasteiger partial charge on any atom is 0.0381 e. The van der Waals surface area contributed by atoms with Crippen molar-refractivity contribution in [1.29, 1.82) is 0 Å². The number of benzene rings is 2. The van der Waals surface area contributed by atoms with E-state index in [1.165, 1.54) is 16.7 Å². The number of hydrogen-bond acceptors (Lipinski definition) is 1.